The van der Waals surface area contributed by atoms with Gasteiger partial charge in [0.2, 0.25) is 0 Å². The fourth-order valence-corrected chi connectivity index (χ4v) is 0.549. The molecule has 0 aliphatic carbocycles. The number of rotatable bonds is 6. The molecule has 0 fully saturated rings. The molecule has 0 aliphatic heterocycles. The molecule has 0 spiro atoms. The highest BCUT2D eigenvalue weighted by atomic mass is 17.0. The zero-order valence-corrected chi connectivity index (χ0v) is 7.66. The summed E-state index contributed by atoms with van der Waals surface area (Å²) in [6.07, 6.45) is -0.263. The maximum atomic E-state index is 5.18. The van der Waals surface area contributed by atoms with E-state index in [0.29, 0.717) is 13.2 Å². The molecule has 0 rings (SSSR count). The molecule has 0 bridgehead atoms. The van der Waals surface area contributed by atoms with E-state index >= 15 is 0 Å². The van der Waals surface area contributed by atoms with E-state index in [9.17, 15) is 0 Å². The Balaban J connectivity index is 3.49. The van der Waals surface area contributed by atoms with Gasteiger partial charge in [0.1, 0.15) is 0 Å². The summed E-state index contributed by atoms with van der Waals surface area (Å²) < 4.78 is 4.88. The Morgan fingerprint density at radius 1 is 1.36 bits per heavy atom. The highest BCUT2D eigenvalue weighted by molar-refractivity contribution is 4.24. The molecule has 0 saturated heterocycles. The SMILES string of the molecule is CCON(CC)OC(C)OC. The van der Waals surface area contributed by atoms with Crippen LogP contribution in [0.15, 0.2) is 0 Å². The van der Waals surface area contributed by atoms with Gasteiger partial charge in [-0.1, -0.05) is 5.23 Å². The molecule has 0 radical (unpaired) electrons. The normalized spacial score (nSPS) is 13.9. The highest BCUT2D eigenvalue weighted by Gasteiger charge is 2.06. The van der Waals surface area contributed by atoms with Crippen LogP contribution in [-0.4, -0.2) is 31.8 Å². The van der Waals surface area contributed by atoms with Gasteiger partial charge in [0, 0.05) is 13.7 Å². The highest BCUT2D eigenvalue weighted by Crippen LogP contribution is 1.98. The average molecular weight is 163 g/mol. The molecule has 0 aromatic carbocycles. The van der Waals surface area contributed by atoms with E-state index in [1.807, 2.05) is 20.8 Å². The molecule has 68 valence electrons. The molecule has 0 aliphatic rings. The molecule has 4 heteroatoms. The van der Waals surface area contributed by atoms with Crippen molar-refractivity contribution in [1.82, 2.24) is 5.23 Å². The maximum Gasteiger partial charge on any atom is 0.176 e. The molecule has 1 unspecified atom stereocenters. The molecule has 0 amide bonds. The number of nitrogens with zero attached hydrogens (tertiary/aromatic N) is 1. The van der Waals surface area contributed by atoms with Crippen LogP contribution < -0.4 is 0 Å². The minimum absolute atomic E-state index is 0.263. The van der Waals surface area contributed by atoms with Gasteiger partial charge >= 0.3 is 0 Å². The van der Waals surface area contributed by atoms with E-state index in [-0.39, 0.29) is 6.29 Å². The fraction of sp³-hybridized carbons (Fsp3) is 1.00. The quantitative estimate of drug-likeness (QED) is 0.434. The van der Waals surface area contributed by atoms with E-state index in [4.69, 9.17) is 14.4 Å². The standard InChI is InChI=1S/C7H17NO3/c1-5-8(10-6-2)11-7(3)9-4/h7H,5-6H2,1-4H3. The first kappa shape index (κ1) is 10.8. The van der Waals surface area contributed by atoms with E-state index in [2.05, 4.69) is 0 Å². The Hall–Kier alpha value is -0.160. The topological polar surface area (TPSA) is 30.9 Å². The number of hydrogen-bond acceptors (Lipinski definition) is 4. The first-order valence-corrected chi connectivity index (χ1v) is 3.84. The lowest BCUT2D eigenvalue weighted by molar-refractivity contribution is -0.409. The van der Waals surface area contributed by atoms with Crippen LogP contribution in [-0.2, 0) is 14.4 Å². The Morgan fingerprint density at radius 3 is 2.36 bits per heavy atom. The molecule has 11 heavy (non-hydrogen) atoms. The van der Waals surface area contributed by atoms with Crippen molar-refractivity contribution in [2.24, 2.45) is 0 Å². The van der Waals surface area contributed by atoms with Crippen molar-refractivity contribution in [1.29, 1.82) is 0 Å². The summed E-state index contributed by atoms with van der Waals surface area (Å²) in [4.78, 5) is 10.3. The van der Waals surface area contributed by atoms with Crippen LogP contribution >= 0.6 is 0 Å². The molecular weight excluding hydrogens is 146 g/mol. The van der Waals surface area contributed by atoms with E-state index in [1.54, 1.807) is 7.11 Å². The maximum absolute atomic E-state index is 5.18. The van der Waals surface area contributed by atoms with E-state index < -0.39 is 0 Å². The predicted octanol–water partition coefficient (Wildman–Crippen LogP) is 1.18. The first-order valence-electron chi connectivity index (χ1n) is 3.84. The monoisotopic (exact) mass is 163 g/mol. The van der Waals surface area contributed by atoms with Gasteiger partial charge in [0.25, 0.3) is 0 Å². The van der Waals surface area contributed by atoms with Crippen LogP contribution in [0.5, 0.6) is 0 Å². The Kier molecular flexibility index (Phi) is 6.45. The second-order valence-corrected chi connectivity index (χ2v) is 1.98. The van der Waals surface area contributed by atoms with Crippen LogP contribution in [0, 0.1) is 0 Å². The van der Waals surface area contributed by atoms with Gasteiger partial charge in [-0.2, -0.15) is 0 Å². The largest absolute Gasteiger partial charge is 0.354 e. The van der Waals surface area contributed by atoms with Crippen LogP contribution in [0.25, 0.3) is 0 Å². The van der Waals surface area contributed by atoms with Crippen LogP contribution in [0.2, 0.25) is 0 Å². The van der Waals surface area contributed by atoms with Crippen LogP contribution in [0.4, 0.5) is 0 Å². The summed E-state index contributed by atoms with van der Waals surface area (Å²) in [5.41, 5.74) is 0. The van der Waals surface area contributed by atoms with Crippen molar-refractivity contribution in [3.8, 4) is 0 Å². The van der Waals surface area contributed by atoms with Crippen molar-refractivity contribution in [3.05, 3.63) is 0 Å². The number of hydroxylamine groups is 2. The third-order valence-corrected chi connectivity index (χ3v) is 1.13. The lowest BCUT2D eigenvalue weighted by Gasteiger charge is -2.21. The average Bonchev–Trinajstić information content (AvgIpc) is 2.03. The Morgan fingerprint density at radius 2 is 2.00 bits per heavy atom. The van der Waals surface area contributed by atoms with Crippen molar-refractivity contribution in [2.75, 3.05) is 20.3 Å². The summed E-state index contributed by atoms with van der Waals surface area (Å²) in [6, 6.07) is 0. The van der Waals surface area contributed by atoms with Crippen molar-refractivity contribution in [2.45, 2.75) is 27.1 Å². The second kappa shape index (κ2) is 6.54. The van der Waals surface area contributed by atoms with E-state index in [1.165, 1.54) is 5.23 Å². The number of ether oxygens (including phenoxy) is 1. The zero-order valence-electron chi connectivity index (χ0n) is 7.66. The lowest BCUT2D eigenvalue weighted by atomic mass is 10.7. The van der Waals surface area contributed by atoms with Crippen molar-refractivity contribution in [3.63, 3.8) is 0 Å². The van der Waals surface area contributed by atoms with Crippen molar-refractivity contribution >= 4 is 0 Å². The molecule has 0 aromatic rings. The lowest BCUT2D eigenvalue weighted by Crippen LogP contribution is -2.29. The third-order valence-electron chi connectivity index (χ3n) is 1.13. The summed E-state index contributed by atoms with van der Waals surface area (Å²) in [5, 5.41) is 1.41. The molecule has 0 saturated carbocycles. The molecule has 0 heterocycles. The summed E-state index contributed by atoms with van der Waals surface area (Å²) in [7, 11) is 1.59. The summed E-state index contributed by atoms with van der Waals surface area (Å²) in [6.45, 7) is 6.94. The van der Waals surface area contributed by atoms with Gasteiger partial charge in [0.15, 0.2) is 6.29 Å². The molecule has 0 aromatic heterocycles. The molecule has 0 N–H and O–H groups in total. The molecule has 1 atom stereocenters. The Bertz CT molecular complexity index is 89.8. The van der Waals surface area contributed by atoms with Gasteiger partial charge in [-0.15, -0.1) is 0 Å². The smallest absolute Gasteiger partial charge is 0.176 e. The van der Waals surface area contributed by atoms with Gasteiger partial charge in [-0.3, -0.25) is 4.84 Å². The first-order chi connectivity index (χ1) is 5.24. The number of hydrogen-bond donors (Lipinski definition) is 0. The summed E-state index contributed by atoms with van der Waals surface area (Å²) >= 11 is 0. The minimum atomic E-state index is -0.263. The summed E-state index contributed by atoms with van der Waals surface area (Å²) in [5.74, 6) is 0. The third kappa shape index (κ3) is 5.15. The van der Waals surface area contributed by atoms with Gasteiger partial charge < -0.3 is 4.74 Å². The van der Waals surface area contributed by atoms with Crippen LogP contribution in [0.1, 0.15) is 20.8 Å². The minimum Gasteiger partial charge on any atom is -0.354 e. The zero-order chi connectivity index (χ0) is 8.69. The number of methoxy groups -OCH3 is 1. The van der Waals surface area contributed by atoms with Gasteiger partial charge in [0.05, 0.1) is 6.61 Å². The molecular formula is C7H17NO3. The van der Waals surface area contributed by atoms with Gasteiger partial charge in [-0.25, -0.2) is 4.84 Å². The van der Waals surface area contributed by atoms with Crippen molar-refractivity contribution < 1.29 is 14.4 Å². The van der Waals surface area contributed by atoms with Gasteiger partial charge in [-0.05, 0) is 20.8 Å². The predicted molar refractivity (Wildman–Crippen MR) is 41.6 cm³/mol. The van der Waals surface area contributed by atoms with Crippen LogP contribution in [0.3, 0.4) is 0 Å². The Labute approximate surface area is 67.9 Å². The second-order valence-electron chi connectivity index (χ2n) is 1.98. The van der Waals surface area contributed by atoms with E-state index in [0.717, 1.165) is 0 Å². The fourth-order valence-electron chi connectivity index (χ4n) is 0.549. The molecule has 4 nitrogen and oxygen atoms in total.